The van der Waals surface area contributed by atoms with Crippen LogP contribution < -0.4 is 10.6 Å². The van der Waals surface area contributed by atoms with Gasteiger partial charge in [0.15, 0.2) is 15.8 Å². The fourth-order valence-corrected chi connectivity index (χ4v) is 4.36. The van der Waals surface area contributed by atoms with Crippen molar-refractivity contribution in [3.8, 4) is 0 Å². The maximum absolute atomic E-state index is 12.2. The molecular formula is C20H31IN4O3S. The lowest BCUT2D eigenvalue weighted by Gasteiger charge is -2.12. The Kier molecular flexibility index (Phi) is 11.3. The Labute approximate surface area is 190 Å². The Morgan fingerprint density at radius 2 is 1.86 bits per heavy atom. The summed E-state index contributed by atoms with van der Waals surface area (Å²) in [6, 6.07) is 9.25. The van der Waals surface area contributed by atoms with Crippen molar-refractivity contribution in [1.29, 1.82) is 0 Å². The summed E-state index contributed by atoms with van der Waals surface area (Å²) in [5, 5.41) is 10.5. The van der Waals surface area contributed by atoms with Crippen LogP contribution in [0.1, 0.15) is 42.8 Å². The molecule has 0 atom stereocenters. The van der Waals surface area contributed by atoms with E-state index >= 15 is 0 Å². The van der Waals surface area contributed by atoms with Crippen LogP contribution in [0, 0.1) is 0 Å². The molecule has 0 aliphatic rings. The average Bonchev–Trinajstić information content (AvgIpc) is 3.09. The molecule has 162 valence electrons. The minimum Gasteiger partial charge on any atom is -0.361 e. The molecule has 0 saturated carbocycles. The number of halogens is 1. The summed E-state index contributed by atoms with van der Waals surface area (Å²) in [6.07, 6.45) is 2.12. The molecule has 1 aromatic carbocycles. The molecule has 0 aliphatic heterocycles. The van der Waals surface area contributed by atoms with E-state index in [2.05, 4.69) is 20.8 Å². The first-order chi connectivity index (χ1) is 13.5. The van der Waals surface area contributed by atoms with E-state index in [1.807, 2.05) is 44.2 Å². The first-order valence-electron chi connectivity index (χ1n) is 9.64. The highest BCUT2D eigenvalue weighted by atomic mass is 127. The van der Waals surface area contributed by atoms with E-state index in [4.69, 9.17) is 4.52 Å². The van der Waals surface area contributed by atoms with E-state index in [9.17, 15) is 8.42 Å². The maximum Gasteiger partial charge on any atom is 0.191 e. The van der Waals surface area contributed by atoms with E-state index in [0.717, 1.165) is 35.4 Å². The molecule has 7 nitrogen and oxygen atoms in total. The number of aryl methyl sites for hydroxylation is 2. The second-order valence-corrected chi connectivity index (χ2v) is 8.71. The van der Waals surface area contributed by atoms with Gasteiger partial charge in [0.1, 0.15) is 5.76 Å². The third kappa shape index (κ3) is 8.33. The van der Waals surface area contributed by atoms with Gasteiger partial charge in [0.25, 0.3) is 0 Å². The van der Waals surface area contributed by atoms with Crippen LogP contribution in [-0.2, 0) is 35.0 Å². The highest BCUT2D eigenvalue weighted by molar-refractivity contribution is 14.0. The number of hydrogen-bond donors (Lipinski definition) is 2. The van der Waals surface area contributed by atoms with Gasteiger partial charge in [-0.2, -0.15) is 0 Å². The van der Waals surface area contributed by atoms with E-state index in [-0.39, 0.29) is 35.5 Å². The van der Waals surface area contributed by atoms with Crippen molar-refractivity contribution in [2.24, 2.45) is 4.99 Å². The van der Waals surface area contributed by atoms with Gasteiger partial charge in [-0.15, -0.1) is 24.0 Å². The molecular weight excluding hydrogens is 503 g/mol. The largest absolute Gasteiger partial charge is 0.361 e. The third-order valence-corrected chi connectivity index (χ3v) is 6.10. The van der Waals surface area contributed by atoms with Gasteiger partial charge in [0, 0.05) is 32.1 Å². The number of guanidine groups is 1. The molecule has 0 bridgehead atoms. The first kappa shape index (κ1) is 25.4. The first-order valence-corrected chi connectivity index (χ1v) is 11.5. The Bertz CT molecular complexity index is 846. The number of hydrogen-bond acceptors (Lipinski definition) is 5. The number of nitrogens with one attached hydrogen (secondary N) is 2. The molecule has 0 fully saturated rings. The van der Waals surface area contributed by atoms with Gasteiger partial charge in [-0.25, -0.2) is 8.42 Å². The molecule has 0 saturated heterocycles. The van der Waals surface area contributed by atoms with Crippen molar-refractivity contribution in [1.82, 2.24) is 15.8 Å². The van der Waals surface area contributed by atoms with Gasteiger partial charge in [0.2, 0.25) is 0 Å². The molecule has 0 unspecified atom stereocenters. The molecule has 9 heteroatoms. The fraction of sp³-hybridized carbons (Fsp3) is 0.500. The third-order valence-electron chi connectivity index (χ3n) is 4.42. The highest BCUT2D eigenvalue weighted by Crippen LogP contribution is 2.15. The zero-order valence-corrected chi connectivity index (χ0v) is 20.4. The number of rotatable bonds is 10. The second-order valence-electron chi connectivity index (χ2n) is 6.52. The van der Waals surface area contributed by atoms with Crippen molar-refractivity contribution in [3.05, 3.63) is 52.9 Å². The summed E-state index contributed by atoms with van der Waals surface area (Å²) in [5.41, 5.74) is 2.84. The van der Waals surface area contributed by atoms with Crippen LogP contribution in [0.4, 0.5) is 0 Å². The quantitative estimate of drug-likeness (QED) is 0.211. The summed E-state index contributed by atoms with van der Waals surface area (Å²) in [7, 11) is -1.43. The number of sulfone groups is 1. The van der Waals surface area contributed by atoms with Crippen LogP contribution in [0.3, 0.4) is 0 Å². The Balaban J connectivity index is 0.00000420. The Morgan fingerprint density at radius 3 is 2.48 bits per heavy atom. The fourth-order valence-electron chi connectivity index (χ4n) is 2.93. The van der Waals surface area contributed by atoms with Crippen LogP contribution in [0.25, 0.3) is 0 Å². The topological polar surface area (TPSA) is 96.6 Å². The molecule has 2 rings (SSSR count). The minimum absolute atomic E-state index is 0. The second kappa shape index (κ2) is 12.8. The summed E-state index contributed by atoms with van der Waals surface area (Å²) < 4.78 is 29.9. The van der Waals surface area contributed by atoms with Gasteiger partial charge in [-0.1, -0.05) is 49.3 Å². The average molecular weight is 534 g/mol. The molecule has 29 heavy (non-hydrogen) atoms. The molecule has 0 aliphatic carbocycles. The summed E-state index contributed by atoms with van der Waals surface area (Å²) in [6.45, 7) is 5.18. The standard InChI is InChI=1S/C20H30N4O3S.HI/c1-4-18-17(19(5-2)27-24-18)14-23-20(21-3)22-12-9-13-28(25,26)15-16-10-7-6-8-11-16;/h6-8,10-11H,4-5,9,12-15H2,1-3H3,(H2,21,22,23);1H. The van der Waals surface area contributed by atoms with Crippen LogP contribution in [0.15, 0.2) is 39.8 Å². The van der Waals surface area contributed by atoms with Crippen molar-refractivity contribution >= 4 is 39.8 Å². The van der Waals surface area contributed by atoms with Crippen LogP contribution in [-0.4, -0.2) is 38.9 Å². The smallest absolute Gasteiger partial charge is 0.191 e. The zero-order chi connectivity index (χ0) is 20.4. The molecule has 2 aromatic rings. The van der Waals surface area contributed by atoms with Crippen molar-refractivity contribution in [3.63, 3.8) is 0 Å². The molecule has 2 N–H and O–H groups in total. The molecule has 1 aromatic heterocycles. The molecule has 0 spiro atoms. The van der Waals surface area contributed by atoms with Crippen molar-refractivity contribution < 1.29 is 12.9 Å². The number of nitrogens with zero attached hydrogens (tertiary/aromatic N) is 2. The molecule has 0 radical (unpaired) electrons. The number of benzene rings is 1. The number of aliphatic imine (C=N–C) groups is 1. The lowest BCUT2D eigenvalue weighted by Crippen LogP contribution is -2.38. The van der Waals surface area contributed by atoms with E-state index in [1.54, 1.807) is 7.05 Å². The van der Waals surface area contributed by atoms with Crippen LogP contribution in [0.5, 0.6) is 0 Å². The lowest BCUT2D eigenvalue weighted by atomic mass is 10.1. The van der Waals surface area contributed by atoms with Gasteiger partial charge < -0.3 is 15.2 Å². The van der Waals surface area contributed by atoms with Crippen molar-refractivity contribution in [2.45, 2.75) is 45.4 Å². The SMILES string of the molecule is CCc1noc(CC)c1CNC(=NC)NCCCS(=O)(=O)Cc1ccccc1.I. The normalized spacial score (nSPS) is 11.8. The molecule has 0 amide bonds. The molecule has 1 heterocycles. The van der Waals surface area contributed by atoms with Crippen LogP contribution >= 0.6 is 24.0 Å². The summed E-state index contributed by atoms with van der Waals surface area (Å²) in [4.78, 5) is 4.19. The van der Waals surface area contributed by atoms with Gasteiger partial charge >= 0.3 is 0 Å². The monoisotopic (exact) mass is 534 g/mol. The summed E-state index contributed by atoms with van der Waals surface area (Å²) in [5.74, 6) is 1.73. The highest BCUT2D eigenvalue weighted by Gasteiger charge is 2.14. The van der Waals surface area contributed by atoms with E-state index in [0.29, 0.717) is 25.5 Å². The Morgan fingerprint density at radius 1 is 1.14 bits per heavy atom. The van der Waals surface area contributed by atoms with E-state index < -0.39 is 9.84 Å². The van der Waals surface area contributed by atoms with Crippen LogP contribution in [0.2, 0.25) is 0 Å². The Hall–Kier alpha value is -1.62. The maximum atomic E-state index is 12.2. The number of aromatic nitrogens is 1. The minimum atomic E-state index is -3.13. The predicted octanol–water partition coefficient (Wildman–Crippen LogP) is 3.09. The van der Waals surface area contributed by atoms with Gasteiger partial charge in [0.05, 0.1) is 17.2 Å². The van der Waals surface area contributed by atoms with E-state index in [1.165, 1.54) is 0 Å². The van der Waals surface area contributed by atoms with Gasteiger partial charge in [-0.3, -0.25) is 4.99 Å². The zero-order valence-electron chi connectivity index (χ0n) is 17.3. The summed E-state index contributed by atoms with van der Waals surface area (Å²) >= 11 is 0. The lowest BCUT2D eigenvalue weighted by molar-refractivity contribution is 0.380. The van der Waals surface area contributed by atoms with Crippen molar-refractivity contribution in [2.75, 3.05) is 19.3 Å². The predicted molar refractivity (Wildman–Crippen MR) is 127 cm³/mol. The van der Waals surface area contributed by atoms with Gasteiger partial charge in [-0.05, 0) is 18.4 Å².